The monoisotopic (exact) mass is 279 g/mol. The van der Waals surface area contributed by atoms with E-state index in [4.69, 9.17) is 4.84 Å². The Labute approximate surface area is 115 Å². The predicted octanol–water partition coefficient (Wildman–Crippen LogP) is 2.72. The molecule has 3 nitrogen and oxygen atoms in total. The van der Waals surface area contributed by atoms with Gasteiger partial charge in [-0.15, -0.1) is 0 Å². The molecular formula is C15H15F2NO2. The lowest BCUT2D eigenvalue weighted by Gasteiger charge is -2.13. The summed E-state index contributed by atoms with van der Waals surface area (Å²) in [5.41, 5.74) is 3.57. The Kier molecular flexibility index (Phi) is 5.17. The molecule has 0 heterocycles. The van der Waals surface area contributed by atoms with E-state index in [9.17, 15) is 13.9 Å². The first-order chi connectivity index (χ1) is 9.66. The molecule has 0 aliphatic carbocycles. The summed E-state index contributed by atoms with van der Waals surface area (Å²) in [6, 6.07) is 12.5. The van der Waals surface area contributed by atoms with Gasteiger partial charge in [0, 0.05) is 11.6 Å². The predicted molar refractivity (Wildman–Crippen MR) is 70.6 cm³/mol. The lowest BCUT2D eigenvalue weighted by molar-refractivity contribution is 0.00210. The van der Waals surface area contributed by atoms with Gasteiger partial charge in [-0.2, -0.15) is 5.48 Å². The van der Waals surface area contributed by atoms with Crippen LogP contribution in [0.3, 0.4) is 0 Å². The minimum Gasteiger partial charge on any atom is -0.387 e. The number of nitrogens with one attached hydrogen (secondary N) is 1. The van der Waals surface area contributed by atoms with Crippen LogP contribution in [0, 0.1) is 11.6 Å². The molecule has 0 saturated carbocycles. The Morgan fingerprint density at radius 3 is 2.55 bits per heavy atom. The van der Waals surface area contributed by atoms with E-state index in [-0.39, 0.29) is 12.1 Å². The van der Waals surface area contributed by atoms with Crippen LogP contribution in [0.1, 0.15) is 17.2 Å². The zero-order chi connectivity index (χ0) is 14.4. The summed E-state index contributed by atoms with van der Waals surface area (Å²) in [4.78, 5) is 5.17. The van der Waals surface area contributed by atoms with Gasteiger partial charge < -0.3 is 5.11 Å². The van der Waals surface area contributed by atoms with E-state index in [0.29, 0.717) is 6.61 Å². The van der Waals surface area contributed by atoms with Gasteiger partial charge in [0.1, 0.15) is 11.6 Å². The van der Waals surface area contributed by atoms with Gasteiger partial charge in [-0.3, -0.25) is 4.84 Å². The van der Waals surface area contributed by atoms with Crippen LogP contribution in [0.4, 0.5) is 8.78 Å². The Morgan fingerprint density at radius 2 is 1.85 bits per heavy atom. The van der Waals surface area contributed by atoms with E-state index in [0.717, 1.165) is 17.7 Å². The van der Waals surface area contributed by atoms with Crippen LogP contribution in [0.15, 0.2) is 48.5 Å². The molecule has 0 aromatic heterocycles. The molecule has 2 N–H and O–H groups in total. The SMILES string of the molecule is OC(CNOCc1ccccc1)c1ccc(F)cc1F. The number of halogens is 2. The van der Waals surface area contributed by atoms with Crippen LogP contribution in [0.25, 0.3) is 0 Å². The molecule has 0 bridgehead atoms. The van der Waals surface area contributed by atoms with Crippen molar-refractivity contribution in [2.75, 3.05) is 6.54 Å². The molecule has 0 radical (unpaired) electrons. The van der Waals surface area contributed by atoms with Crippen LogP contribution < -0.4 is 5.48 Å². The Bertz CT molecular complexity index is 549. The van der Waals surface area contributed by atoms with Crippen LogP contribution >= 0.6 is 0 Å². The lowest BCUT2D eigenvalue weighted by Crippen LogP contribution is -2.22. The van der Waals surface area contributed by atoms with E-state index < -0.39 is 17.7 Å². The van der Waals surface area contributed by atoms with Gasteiger partial charge in [-0.1, -0.05) is 36.4 Å². The third-order valence-corrected chi connectivity index (χ3v) is 2.78. The molecule has 0 aliphatic heterocycles. The largest absolute Gasteiger partial charge is 0.387 e. The van der Waals surface area contributed by atoms with Gasteiger partial charge in [0.25, 0.3) is 0 Å². The summed E-state index contributed by atoms with van der Waals surface area (Å²) >= 11 is 0. The Morgan fingerprint density at radius 1 is 1.10 bits per heavy atom. The molecule has 1 atom stereocenters. The maximum absolute atomic E-state index is 13.4. The molecule has 0 fully saturated rings. The maximum atomic E-state index is 13.4. The summed E-state index contributed by atoms with van der Waals surface area (Å²) in [6.45, 7) is 0.342. The second-order valence-electron chi connectivity index (χ2n) is 4.30. The molecule has 0 spiro atoms. The van der Waals surface area contributed by atoms with Crippen molar-refractivity contribution in [3.63, 3.8) is 0 Å². The van der Waals surface area contributed by atoms with E-state index in [1.54, 1.807) is 0 Å². The molecule has 106 valence electrons. The summed E-state index contributed by atoms with van der Waals surface area (Å²) in [6.07, 6.45) is -1.11. The highest BCUT2D eigenvalue weighted by Gasteiger charge is 2.13. The molecular weight excluding hydrogens is 264 g/mol. The Hall–Kier alpha value is -1.82. The first-order valence-electron chi connectivity index (χ1n) is 6.18. The minimum atomic E-state index is -1.11. The van der Waals surface area contributed by atoms with Crippen molar-refractivity contribution in [2.24, 2.45) is 0 Å². The topological polar surface area (TPSA) is 41.5 Å². The van der Waals surface area contributed by atoms with Gasteiger partial charge in [0.05, 0.1) is 19.3 Å². The first-order valence-corrected chi connectivity index (χ1v) is 6.18. The van der Waals surface area contributed by atoms with E-state index >= 15 is 0 Å². The van der Waals surface area contributed by atoms with Crippen molar-refractivity contribution in [2.45, 2.75) is 12.7 Å². The van der Waals surface area contributed by atoms with Crippen molar-refractivity contribution < 1.29 is 18.7 Å². The number of aliphatic hydroxyl groups excluding tert-OH is 1. The van der Waals surface area contributed by atoms with E-state index in [1.807, 2.05) is 30.3 Å². The Balaban J connectivity index is 1.79. The number of benzene rings is 2. The molecule has 0 amide bonds. The number of rotatable bonds is 6. The highest BCUT2D eigenvalue weighted by atomic mass is 19.1. The molecule has 5 heteroatoms. The highest BCUT2D eigenvalue weighted by molar-refractivity contribution is 5.21. The van der Waals surface area contributed by atoms with Crippen molar-refractivity contribution in [1.29, 1.82) is 0 Å². The van der Waals surface area contributed by atoms with Gasteiger partial charge in [0.2, 0.25) is 0 Å². The number of hydrogen-bond donors (Lipinski definition) is 2. The molecule has 0 aliphatic rings. The minimum absolute atomic E-state index is 0.00931. The summed E-state index contributed by atoms with van der Waals surface area (Å²) in [5.74, 6) is -1.45. The highest BCUT2D eigenvalue weighted by Crippen LogP contribution is 2.17. The average molecular weight is 279 g/mol. The number of aliphatic hydroxyl groups is 1. The summed E-state index contributed by atoms with van der Waals surface area (Å²) in [7, 11) is 0. The van der Waals surface area contributed by atoms with Crippen LogP contribution in [0.2, 0.25) is 0 Å². The van der Waals surface area contributed by atoms with Crippen molar-refractivity contribution in [3.05, 3.63) is 71.3 Å². The number of hydrogen-bond acceptors (Lipinski definition) is 3. The van der Waals surface area contributed by atoms with E-state index in [1.165, 1.54) is 6.07 Å². The fourth-order valence-electron chi connectivity index (χ4n) is 1.73. The zero-order valence-electron chi connectivity index (χ0n) is 10.7. The second-order valence-corrected chi connectivity index (χ2v) is 4.30. The number of hydroxylamine groups is 1. The maximum Gasteiger partial charge on any atom is 0.131 e. The fourth-order valence-corrected chi connectivity index (χ4v) is 1.73. The average Bonchev–Trinajstić information content (AvgIpc) is 2.44. The first kappa shape index (κ1) is 14.6. The molecule has 2 aromatic rings. The quantitative estimate of drug-likeness (QED) is 0.631. The van der Waals surface area contributed by atoms with Crippen LogP contribution in [0.5, 0.6) is 0 Å². The summed E-state index contributed by atoms with van der Waals surface area (Å²) < 4.78 is 26.1. The van der Waals surface area contributed by atoms with Crippen LogP contribution in [-0.4, -0.2) is 11.7 Å². The van der Waals surface area contributed by atoms with Gasteiger partial charge in [-0.25, -0.2) is 8.78 Å². The summed E-state index contributed by atoms with van der Waals surface area (Å²) in [5, 5.41) is 9.78. The van der Waals surface area contributed by atoms with Crippen molar-refractivity contribution in [1.82, 2.24) is 5.48 Å². The molecule has 0 saturated heterocycles. The molecule has 2 rings (SSSR count). The standard InChI is InChI=1S/C15H15F2NO2/c16-12-6-7-13(14(17)8-12)15(19)9-18-20-10-11-4-2-1-3-5-11/h1-8,15,18-19H,9-10H2. The van der Waals surface area contributed by atoms with E-state index in [2.05, 4.69) is 5.48 Å². The van der Waals surface area contributed by atoms with Gasteiger partial charge in [0.15, 0.2) is 0 Å². The second kappa shape index (κ2) is 7.09. The lowest BCUT2D eigenvalue weighted by atomic mass is 10.1. The normalized spacial score (nSPS) is 12.3. The van der Waals surface area contributed by atoms with Gasteiger partial charge >= 0.3 is 0 Å². The third-order valence-electron chi connectivity index (χ3n) is 2.78. The smallest absolute Gasteiger partial charge is 0.131 e. The van der Waals surface area contributed by atoms with Crippen molar-refractivity contribution in [3.8, 4) is 0 Å². The van der Waals surface area contributed by atoms with Crippen LogP contribution in [-0.2, 0) is 11.4 Å². The fraction of sp³-hybridized carbons (Fsp3) is 0.200. The third kappa shape index (κ3) is 4.09. The molecule has 1 unspecified atom stereocenters. The van der Waals surface area contributed by atoms with Crippen molar-refractivity contribution >= 4 is 0 Å². The zero-order valence-corrected chi connectivity index (χ0v) is 10.7. The molecule has 20 heavy (non-hydrogen) atoms. The molecule has 2 aromatic carbocycles. The van der Waals surface area contributed by atoms with Gasteiger partial charge in [-0.05, 0) is 11.6 Å².